The highest BCUT2D eigenvalue weighted by atomic mass is 79.9. The summed E-state index contributed by atoms with van der Waals surface area (Å²) in [6.07, 6.45) is -0.953. The highest BCUT2D eigenvalue weighted by Crippen LogP contribution is 2.38. The largest absolute Gasteiger partial charge is 0.482 e. The van der Waals surface area contributed by atoms with Crippen molar-refractivity contribution in [3.05, 3.63) is 31.7 Å². The summed E-state index contributed by atoms with van der Waals surface area (Å²) in [7, 11) is 0. The minimum atomic E-state index is -1.05. The molecular formula is C10H9BrClNO5. The SMILES string of the molecule is C[C@@H](CC(=O)O)Oc1c(Br)cc(Cl)cc1[N+](=O)[O-]. The zero-order valence-corrected chi connectivity index (χ0v) is 11.6. The van der Waals surface area contributed by atoms with Crippen LogP contribution in [0.2, 0.25) is 5.02 Å². The van der Waals surface area contributed by atoms with Crippen molar-refractivity contribution in [2.75, 3.05) is 0 Å². The highest BCUT2D eigenvalue weighted by molar-refractivity contribution is 9.10. The van der Waals surface area contributed by atoms with Crippen LogP contribution >= 0.6 is 27.5 Å². The quantitative estimate of drug-likeness (QED) is 0.657. The van der Waals surface area contributed by atoms with E-state index in [0.29, 0.717) is 4.47 Å². The van der Waals surface area contributed by atoms with Crippen molar-refractivity contribution in [2.24, 2.45) is 0 Å². The van der Waals surface area contributed by atoms with E-state index in [1.54, 1.807) is 0 Å². The smallest absolute Gasteiger partial charge is 0.313 e. The normalized spacial score (nSPS) is 11.9. The fraction of sp³-hybridized carbons (Fsp3) is 0.300. The van der Waals surface area contributed by atoms with Crippen molar-refractivity contribution in [1.29, 1.82) is 0 Å². The maximum atomic E-state index is 10.9. The second kappa shape index (κ2) is 6.01. The standard InChI is InChI=1S/C10H9BrClNO5/c1-5(2-9(14)15)18-10-7(11)3-6(12)4-8(10)13(16)17/h3-5H,2H2,1H3,(H,14,15)/t5-/m0/s1. The molecule has 0 aliphatic heterocycles. The van der Waals surface area contributed by atoms with E-state index in [0.717, 1.165) is 6.07 Å². The summed E-state index contributed by atoms with van der Waals surface area (Å²) < 4.78 is 5.58. The Labute approximate surface area is 116 Å². The van der Waals surface area contributed by atoms with Crippen molar-refractivity contribution in [3.8, 4) is 5.75 Å². The van der Waals surface area contributed by atoms with Crippen LogP contribution in [0, 0.1) is 10.1 Å². The lowest BCUT2D eigenvalue weighted by Crippen LogP contribution is -2.17. The van der Waals surface area contributed by atoms with Crippen LogP contribution in [-0.4, -0.2) is 22.1 Å². The van der Waals surface area contributed by atoms with Crippen molar-refractivity contribution in [3.63, 3.8) is 0 Å². The van der Waals surface area contributed by atoms with E-state index < -0.39 is 17.0 Å². The van der Waals surface area contributed by atoms with Gasteiger partial charge in [-0.05, 0) is 28.9 Å². The molecule has 0 heterocycles. The second-order valence-electron chi connectivity index (χ2n) is 3.52. The second-order valence-corrected chi connectivity index (χ2v) is 4.81. The van der Waals surface area contributed by atoms with Gasteiger partial charge in [-0.1, -0.05) is 11.6 Å². The monoisotopic (exact) mass is 337 g/mol. The Morgan fingerprint density at radius 2 is 2.28 bits per heavy atom. The number of hydrogen-bond donors (Lipinski definition) is 1. The number of carboxylic acids is 1. The van der Waals surface area contributed by atoms with Crippen molar-refractivity contribution in [1.82, 2.24) is 0 Å². The van der Waals surface area contributed by atoms with Gasteiger partial charge in [0.05, 0.1) is 15.8 Å². The van der Waals surface area contributed by atoms with Crippen LogP contribution in [0.5, 0.6) is 5.75 Å². The number of ether oxygens (including phenoxy) is 1. The molecule has 0 aromatic heterocycles. The molecule has 0 spiro atoms. The molecule has 1 rings (SSSR count). The summed E-state index contributed by atoms with van der Waals surface area (Å²) in [5.74, 6) is -1.08. The predicted octanol–water partition coefficient (Wildman–Crippen LogP) is 3.25. The molecule has 1 N–H and O–H groups in total. The van der Waals surface area contributed by atoms with Gasteiger partial charge in [0.15, 0.2) is 0 Å². The first kappa shape index (κ1) is 14.7. The van der Waals surface area contributed by atoms with Gasteiger partial charge in [0.2, 0.25) is 5.75 Å². The molecule has 0 amide bonds. The number of rotatable bonds is 5. The van der Waals surface area contributed by atoms with Crippen LogP contribution in [0.15, 0.2) is 16.6 Å². The molecule has 18 heavy (non-hydrogen) atoms. The van der Waals surface area contributed by atoms with Crippen molar-refractivity contribution in [2.45, 2.75) is 19.4 Å². The molecule has 0 saturated carbocycles. The minimum absolute atomic E-state index is 0.0295. The third-order valence-electron chi connectivity index (χ3n) is 1.97. The Balaban J connectivity index is 3.07. The van der Waals surface area contributed by atoms with Crippen LogP contribution in [0.1, 0.15) is 13.3 Å². The summed E-state index contributed by atoms with van der Waals surface area (Å²) in [5.41, 5.74) is -0.313. The summed E-state index contributed by atoms with van der Waals surface area (Å²) in [6, 6.07) is 2.59. The van der Waals surface area contributed by atoms with E-state index in [4.69, 9.17) is 21.4 Å². The maximum absolute atomic E-state index is 10.9. The topological polar surface area (TPSA) is 89.7 Å². The first-order valence-corrected chi connectivity index (χ1v) is 6.00. The highest BCUT2D eigenvalue weighted by Gasteiger charge is 2.22. The van der Waals surface area contributed by atoms with Gasteiger partial charge < -0.3 is 9.84 Å². The third kappa shape index (κ3) is 3.85. The average molecular weight is 339 g/mol. The molecule has 98 valence electrons. The summed E-state index contributed by atoms with van der Waals surface area (Å²) in [6.45, 7) is 1.51. The fourth-order valence-corrected chi connectivity index (χ4v) is 2.18. The Kier molecular flexibility index (Phi) is 4.92. The van der Waals surface area contributed by atoms with Gasteiger partial charge in [0.1, 0.15) is 6.10 Å². The number of benzene rings is 1. The Morgan fingerprint density at radius 1 is 1.67 bits per heavy atom. The number of carboxylic acid groups (broad SMARTS) is 1. The van der Waals surface area contributed by atoms with E-state index in [9.17, 15) is 14.9 Å². The lowest BCUT2D eigenvalue weighted by molar-refractivity contribution is -0.386. The number of halogens is 2. The van der Waals surface area contributed by atoms with Crippen LogP contribution in [0.3, 0.4) is 0 Å². The van der Waals surface area contributed by atoms with Gasteiger partial charge in [-0.25, -0.2) is 0 Å². The molecular weight excluding hydrogens is 329 g/mol. The molecule has 6 nitrogen and oxygen atoms in total. The molecule has 0 saturated heterocycles. The van der Waals surface area contributed by atoms with Gasteiger partial charge >= 0.3 is 11.7 Å². The number of nitro groups is 1. The van der Waals surface area contributed by atoms with E-state index >= 15 is 0 Å². The Bertz CT molecular complexity index is 493. The van der Waals surface area contributed by atoms with E-state index in [-0.39, 0.29) is 22.9 Å². The van der Waals surface area contributed by atoms with Crippen molar-refractivity contribution < 1.29 is 19.6 Å². The van der Waals surface area contributed by atoms with Gasteiger partial charge in [-0.15, -0.1) is 0 Å². The average Bonchev–Trinajstić information content (AvgIpc) is 2.20. The number of carbonyl (C=O) groups is 1. The van der Waals surface area contributed by atoms with E-state index in [1.807, 2.05) is 0 Å². The summed E-state index contributed by atoms with van der Waals surface area (Å²) in [5, 5.41) is 19.7. The molecule has 8 heteroatoms. The third-order valence-corrected chi connectivity index (χ3v) is 2.77. The maximum Gasteiger partial charge on any atom is 0.313 e. The molecule has 1 aromatic carbocycles. The van der Waals surface area contributed by atoms with Gasteiger partial charge in [0, 0.05) is 11.1 Å². The molecule has 1 aromatic rings. The van der Waals surface area contributed by atoms with E-state index in [2.05, 4.69) is 15.9 Å². The van der Waals surface area contributed by atoms with Gasteiger partial charge in [-0.3, -0.25) is 14.9 Å². The molecule has 0 radical (unpaired) electrons. The predicted molar refractivity (Wildman–Crippen MR) is 68.1 cm³/mol. The number of nitro benzene ring substituents is 1. The minimum Gasteiger partial charge on any atom is -0.482 e. The summed E-state index contributed by atoms with van der Waals surface area (Å²) >= 11 is 8.80. The van der Waals surface area contributed by atoms with Crippen LogP contribution < -0.4 is 4.74 Å². The first-order chi connectivity index (χ1) is 8.31. The first-order valence-electron chi connectivity index (χ1n) is 4.83. The number of hydrogen-bond acceptors (Lipinski definition) is 4. The fourth-order valence-electron chi connectivity index (χ4n) is 1.29. The lowest BCUT2D eigenvalue weighted by atomic mass is 10.2. The summed E-state index contributed by atoms with van der Waals surface area (Å²) in [4.78, 5) is 20.7. The van der Waals surface area contributed by atoms with Crippen LogP contribution in [0.4, 0.5) is 5.69 Å². The molecule has 0 bridgehead atoms. The van der Waals surface area contributed by atoms with Gasteiger partial charge in [-0.2, -0.15) is 0 Å². The zero-order valence-electron chi connectivity index (χ0n) is 9.22. The van der Waals surface area contributed by atoms with Crippen LogP contribution in [-0.2, 0) is 4.79 Å². The van der Waals surface area contributed by atoms with Crippen LogP contribution in [0.25, 0.3) is 0 Å². The molecule has 1 atom stereocenters. The van der Waals surface area contributed by atoms with Crippen molar-refractivity contribution >= 4 is 39.2 Å². The lowest BCUT2D eigenvalue weighted by Gasteiger charge is -2.14. The number of aliphatic carboxylic acids is 1. The molecule has 0 aliphatic rings. The van der Waals surface area contributed by atoms with Gasteiger partial charge in [0.25, 0.3) is 0 Å². The molecule has 0 aliphatic carbocycles. The zero-order chi connectivity index (χ0) is 13.9. The Hall–Kier alpha value is -1.34. The number of nitrogens with zero attached hydrogens (tertiary/aromatic N) is 1. The molecule has 0 fully saturated rings. The Morgan fingerprint density at radius 3 is 2.78 bits per heavy atom. The molecule has 0 unspecified atom stereocenters. The van der Waals surface area contributed by atoms with E-state index in [1.165, 1.54) is 13.0 Å².